The predicted octanol–water partition coefficient (Wildman–Crippen LogP) is 4.61. The Bertz CT molecular complexity index is 1370. The zero-order chi connectivity index (χ0) is 22.2. The molecule has 9 heteroatoms. The van der Waals surface area contributed by atoms with Crippen LogP contribution >= 0.6 is 23.2 Å². The highest BCUT2D eigenvalue weighted by molar-refractivity contribution is 6.31. The zero-order valence-electron chi connectivity index (χ0n) is 17.3. The van der Waals surface area contributed by atoms with Crippen molar-refractivity contribution in [2.24, 2.45) is 0 Å². The topological polar surface area (TPSA) is 72.5 Å². The molecule has 2 aromatic carbocycles. The number of hydrogen-bond donors (Lipinski definition) is 0. The van der Waals surface area contributed by atoms with Gasteiger partial charge < -0.3 is 4.90 Å². The summed E-state index contributed by atoms with van der Waals surface area (Å²) in [6.45, 7) is 1.59. The SMILES string of the molecule is O=C(Cn1c(=O)c2cc(Cl)ccc2n2c(N3CCCCCC3)nnc12)c1ccc(Cl)cc1. The lowest BCUT2D eigenvalue weighted by Crippen LogP contribution is -2.29. The first-order valence-corrected chi connectivity index (χ1v) is 11.4. The molecule has 0 bridgehead atoms. The van der Waals surface area contributed by atoms with Gasteiger partial charge >= 0.3 is 0 Å². The molecule has 4 aromatic rings. The van der Waals surface area contributed by atoms with Crippen LogP contribution in [-0.2, 0) is 6.54 Å². The standard InChI is InChI=1S/C23H21Cl2N5O2/c24-16-7-5-15(6-8-16)20(31)14-29-21(32)18-13-17(25)9-10-19(18)30-22(26-27-23(29)30)28-11-3-1-2-4-12-28/h5-10,13H,1-4,11-12,14H2. The van der Waals surface area contributed by atoms with Gasteiger partial charge in [0.25, 0.3) is 5.56 Å². The van der Waals surface area contributed by atoms with E-state index in [0.717, 1.165) is 25.9 Å². The fraction of sp³-hybridized carbons (Fsp3) is 0.304. The molecule has 2 aromatic heterocycles. The summed E-state index contributed by atoms with van der Waals surface area (Å²) in [4.78, 5) is 28.6. The number of benzene rings is 2. The molecule has 0 saturated carbocycles. The zero-order valence-corrected chi connectivity index (χ0v) is 18.8. The molecule has 164 valence electrons. The largest absolute Gasteiger partial charge is 0.341 e. The molecule has 0 atom stereocenters. The van der Waals surface area contributed by atoms with Gasteiger partial charge in [-0.05, 0) is 55.3 Å². The average Bonchev–Trinajstić information content (AvgIpc) is 3.04. The van der Waals surface area contributed by atoms with Crippen molar-refractivity contribution in [3.05, 3.63) is 68.4 Å². The number of carbonyl (C=O) groups excluding carboxylic acids is 1. The molecule has 32 heavy (non-hydrogen) atoms. The summed E-state index contributed by atoms with van der Waals surface area (Å²) in [6, 6.07) is 11.8. The van der Waals surface area contributed by atoms with Gasteiger partial charge in [-0.25, -0.2) is 4.40 Å². The number of hydrogen-bond acceptors (Lipinski definition) is 5. The van der Waals surface area contributed by atoms with Gasteiger partial charge in [-0.3, -0.25) is 14.2 Å². The summed E-state index contributed by atoms with van der Waals surface area (Å²) in [5, 5.41) is 10.2. The third kappa shape index (κ3) is 3.76. The van der Waals surface area contributed by atoms with Crippen LogP contribution in [0.1, 0.15) is 36.0 Å². The summed E-state index contributed by atoms with van der Waals surface area (Å²) in [5.41, 5.74) is 0.818. The minimum absolute atomic E-state index is 0.162. The van der Waals surface area contributed by atoms with E-state index in [2.05, 4.69) is 15.1 Å². The van der Waals surface area contributed by atoms with E-state index in [1.807, 2.05) is 10.5 Å². The van der Waals surface area contributed by atoms with Gasteiger partial charge in [-0.2, -0.15) is 0 Å². The van der Waals surface area contributed by atoms with Crippen molar-refractivity contribution in [3.63, 3.8) is 0 Å². The molecule has 0 unspecified atom stereocenters. The third-order valence-corrected chi connectivity index (χ3v) is 6.39. The molecule has 5 rings (SSSR count). The van der Waals surface area contributed by atoms with Crippen LogP contribution in [-0.4, -0.2) is 38.0 Å². The summed E-state index contributed by atoms with van der Waals surface area (Å²) in [7, 11) is 0. The Morgan fingerprint density at radius 3 is 2.31 bits per heavy atom. The number of rotatable bonds is 4. The van der Waals surface area contributed by atoms with Gasteiger partial charge in [-0.15, -0.1) is 10.2 Å². The quantitative estimate of drug-likeness (QED) is 0.408. The fourth-order valence-electron chi connectivity index (χ4n) is 4.26. The van der Waals surface area contributed by atoms with E-state index < -0.39 is 0 Å². The average molecular weight is 470 g/mol. The lowest BCUT2D eigenvalue weighted by molar-refractivity contribution is 0.0972. The van der Waals surface area contributed by atoms with Crippen molar-refractivity contribution in [2.45, 2.75) is 32.2 Å². The Kier molecular flexibility index (Phi) is 5.61. The number of carbonyl (C=O) groups is 1. The Hall–Kier alpha value is -2.90. The number of fused-ring (bicyclic) bond motifs is 3. The monoisotopic (exact) mass is 469 g/mol. The third-order valence-electron chi connectivity index (χ3n) is 5.90. The van der Waals surface area contributed by atoms with Crippen LogP contribution in [0, 0.1) is 0 Å². The van der Waals surface area contributed by atoms with Gasteiger partial charge in [0.15, 0.2) is 5.78 Å². The van der Waals surface area contributed by atoms with Crippen molar-refractivity contribution in [1.82, 2.24) is 19.2 Å². The van der Waals surface area contributed by atoms with E-state index >= 15 is 0 Å². The molecular formula is C23H21Cl2N5O2. The van der Waals surface area contributed by atoms with E-state index in [1.165, 1.54) is 17.4 Å². The van der Waals surface area contributed by atoms with Gasteiger partial charge in [0.1, 0.15) is 0 Å². The van der Waals surface area contributed by atoms with Crippen LogP contribution in [0.25, 0.3) is 16.7 Å². The summed E-state index contributed by atoms with van der Waals surface area (Å²) in [6.07, 6.45) is 4.52. The molecule has 0 spiro atoms. The van der Waals surface area contributed by atoms with Crippen molar-refractivity contribution in [1.29, 1.82) is 0 Å². The van der Waals surface area contributed by atoms with Crippen LogP contribution in [0.4, 0.5) is 5.95 Å². The Labute approximate surface area is 194 Å². The fourth-order valence-corrected chi connectivity index (χ4v) is 4.56. The second-order valence-electron chi connectivity index (χ2n) is 8.02. The number of ketones is 1. The summed E-state index contributed by atoms with van der Waals surface area (Å²) >= 11 is 12.2. The maximum absolute atomic E-state index is 13.4. The van der Waals surface area contributed by atoms with Crippen LogP contribution < -0.4 is 10.5 Å². The number of Topliss-reactive ketones (excluding diaryl/α,β-unsaturated/α-hetero) is 1. The van der Waals surface area contributed by atoms with Gasteiger partial charge in [-0.1, -0.05) is 36.0 Å². The smallest absolute Gasteiger partial charge is 0.263 e. The van der Waals surface area contributed by atoms with E-state index in [1.54, 1.807) is 36.4 Å². The van der Waals surface area contributed by atoms with E-state index in [0.29, 0.717) is 38.2 Å². The van der Waals surface area contributed by atoms with Crippen molar-refractivity contribution in [2.75, 3.05) is 18.0 Å². The highest BCUT2D eigenvalue weighted by Gasteiger charge is 2.22. The minimum Gasteiger partial charge on any atom is -0.341 e. The first kappa shape index (κ1) is 21.0. The molecule has 7 nitrogen and oxygen atoms in total. The molecular weight excluding hydrogens is 449 g/mol. The van der Waals surface area contributed by atoms with Crippen LogP contribution in [0.5, 0.6) is 0 Å². The van der Waals surface area contributed by atoms with Crippen molar-refractivity contribution in [3.8, 4) is 0 Å². The van der Waals surface area contributed by atoms with Crippen LogP contribution in [0.3, 0.4) is 0 Å². The molecule has 0 N–H and O–H groups in total. The lowest BCUT2D eigenvalue weighted by atomic mass is 10.1. The van der Waals surface area contributed by atoms with Gasteiger partial charge in [0.2, 0.25) is 11.7 Å². The first-order chi connectivity index (χ1) is 15.5. The normalized spacial score (nSPS) is 14.8. The molecule has 1 saturated heterocycles. The number of nitrogens with zero attached hydrogens (tertiary/aromatic N) is 5. The van der Waals surface area contributed by atoms with E-state index in [4.69, 9.17) is 23.2 Å². The minimum atomic E-state index is -0.327. The van der Waals surface area contributed by atoms with Gasteiger partial charge in [0.05, 0.1) is 17.4 Å². The molecule has 0 radical (unpaired) electrons. The Morgan fingerprint density at radius 1 is 0.906 bits per heavy atom. The maximum Gasteiger partial charge on any atom is 0.263 e. The highest BCUT2D eigenvalue weighted by Crippen LogP contribution is 2.24. The number of aromatic nitrogens is 4. The van der Waals surface area contributed by atoms with Gasteiger partial charge in [0, 0.05) is 28.7 Å². The molecule has 0 aliphatic carbocycles. The first-order valence-electron chi connectivity index (χ1n) is 10.6. The number of anilines is 1. The van der Waals surface area contributed by atoms with E-state index in [9.17, 15) is 9.59 Å². The Balaban J connectivity index is 1.69. The van der Waals surface area contributed by atoms with Crippen LogP contribution in [0.15, 0.2) is 47.3 Å². The second kappa shape index (κ2) is 8.56. The highest BCUT2D eigenvalue weighted by atomic mass is 35.5. The van der Waals surface area contributed by atoms with Crippen molar-refractivity contribution >= 4 is 51.6 Å². The summed E-state index contributed by atoms with van der Waals surface area (Å²) < 4.78 is 3.25. The molecule has 1 aliphatic heterocycles. The maximum atomic E-state index is 13.4. The molecule has 1 aliphatic rings. The predicted molar refractivity (Wildman–Crippen MR) is 126 cm³/mol. The second-order valence-corrected chi connectivity index (χ2v) is 8.89. The van der Waals surface area contributed by atoms with Crippen LogP contribution in [0.2, 0.25) is 10.0 Å². The Morgan fingerprint density at radius 2 is 1.59 bits per heavy atom. The summed E-state index contributed by atoms with van der Waals surface area (Å²) in [5.74, 6) is 0.805. The number of halogens is 2. The molecule has 0 amide bonds. The van der Waals surface area contributed by atoms with E-state index in [-0.39, 0.29) is 17.9 Å². The molecule has 3 heterocycles. The lowest BCUT2D eigenvalue weighted by Gasteiger charge is -2.21. The molecule has 1 fully saturated rings. The van der Waals surface area contributed by atoms with Crippen molar-refractivity contribution < 1.29 is 4.79 Å².